The third-order valence-corrected chi connectivity index (χ3v) is 2.80. The van der Waals surface area contributed by atoms with Crippen LogP contribution in [0.5, 0.6) is 0 Å². The zero-order valence-electron chi connectivity index (χ0n) is 12.9. The van der Waals surface area contributed by atoms with Gasteiger partial charge < -0.3 is 15.5 Å². The number of likely N-dealkylation sites (N-methyl/N-ethyl adjacent to an activating group) is 1. The van der Waals surface area contributed by atoms with E-state index in [-0.39, 0.29) is 5.91 Å². The monoisotopic (exact) mass is 279 g/mol. The highest BCUT2D eigenvalue weighted by Gasteiger charge is 2.13. The molecule has 1 amide bonds. The third-order valence-electron chi connectivity index (χ3n) is 2.80. The van der Waals surface area contributed by atoms with Crippen molar-refractivity contribution in [1.29, 1.82) is 0 Å². The lowest BCUT2D eigenvalue weighted by Gasteiger charge is -2.23. The van der Waals surface area contributed by atoms with E-state index in [9.17, 15) is 4.79 Å². The van der Waals surface area contributed by atoms with Gasteiger partial charge in [0.2, 0.25) is 11.9 Å². The van der Waals surface area contributed by atoms with E-state index in [1.807, 2.05) is 17.9 Å². The minimum atomic E-state index is -0.0159. The lowest BCUT2D eigenvalue weighted by atomic mass is 10.3. The summed E-state index contributed by atoms with van der Waals surface area (Å²) >= 11 is 0. The SMILES string of the molecule is CCCNc1nc(C)cc(N(CCC)CC(=O)NC)n1. The first-order chi connectivity index (χ1) is 9.60. The second kappa shape index (κ2) is 8.35. The van der Waals surface area contributed by atoms with Gasteiger partial charge in [0.15, 0.2) is 0 Å². The van der Waals surface area contributed by atoms with Crippen molar-refractivity contribution in [2.75, 3.05) is 36.9 Å². The molecule has 1 rings (SSSR count). The van der Waals surface area contributed by atoms with Gasteiger partial charge in [-0.15, -0.1) is 0 Å². The number of anilines is 2. The molecule has 0 spiro atoms. The van der Waals surface area contributed by atoms with Crippen molar-refractivity contribution >= 4 is 17.7 Å². The molecule has 0 aromatic carbocycles. The summed E-state index contributed by atoms with van der Waals surface area (Å²) in [6, 6.07) is 1.91. The number of amides is 1. The standard InChI is InChI=1S/C14H25N5O/c1-5-7-16-14-17-11(3)9-12(18-14)19(8-6-2)10-13(20)15-4/h9H,5-8,10H2,1-4H3,(H,15,20)(H,16,17,18). The Hall–Kier alpha value is -1.85. The minimum Gasteiger partial charge on any atom is -0.358 e. The molecule has 20 heavy (non-hydrogen) atoms. The molecule has 6 heteroatoms. The van der Waals surface area contributed by atoms with Crippen LogP contribution in [-0.2, 0) is 4.79 Å². The fraction of sp³-hybridized carbons (Fsp3) is 0.643. The lowest BCUT2D eigenvalue weighted by molar-refractivity contribution is -0.119. The van der Waals surface area contributed by atoms with E-state index in [1.165, 1.54) is 0 Å². The van der Waals surface area contributed by atoms with Crippen molar-refractivity contribution in [3.63, 3.8) is 0 Å². The summed E-state index contributed by atoms with van der Waals surface area (Å²) in [4.78, 5) is 22.4. The number of nitrogens with zero attached hydrogens (tertiary/aromatic N) is 3. The second-order valence-corrected chi connectivity index (χ2v) is 4.71. The molecule has 1 aromatic rings. The molecule has 0 aliphatic rings. The van der Waals surface area contributed by atoms with Crippen LogP contribution in [0.25, 0.3) is 0 Å². The van der Waals surface area contributed by atoms with Crippen molar-refractivity contribution in [3.8, 4) is 0 Å². The Balaban J connectivity index is 2.93. The number of carbonyl (C=O) groups is 1. The number of aryl methyl sites for hydroxylation is 1. The Bertz CT molecular complexity index is 436. The number of hydrogen-bond acceptors (Lipinski definition) is 5. The summed E-state index contributed by atoms with van der Waals surface area (Å²) in [5.74, 6) is 1.40. The van der Waals surface area contributed by atoms with Gasteiger partial charge in [0.05, 0.1) is 6.54 Å². The number of rotatable bonds is 8. The largest absolute Gasteiger partial charge is 0.358 e. The Morgan fingerprint density at radius 2 is 2.05 bits per heavy atom. The van der Waals surface area contributed by atoms with Crippen molar-refractivity contribution < 1.29 is 4.79 Å². The van der Waals surface area contributed by atoms with Crippen molar-refractivity contribution in [2.45, 2.75) is 33.6 Å². The molecular weight excluding hydrogens is 254 g/mol. The van der Waals surface area contributed by atoms with E-state index in [0.29, 0.717) is 12.5 Å². The fourth-order valence-electron chi connectivity index (χ4n) is 1.83. The summed E-state index contributed by atoms with van der Waals surface area (Å²) in [5, 5.41) is 5.84. The molecule has 0 radical (unpaired) electrons. The molecule has 1 aromatic heterocycles. The Kier molecular flexibility index (Phi) is 6.76. The summed E-state index contributed by atoms with van der Waals surface area (Å²) in [6.45, 7) is 8.06. The van der Waals surface area contributed by atoms with Crippen molar-refractivity contribution in [2.24, 2.45) is 0 Å². The molecule has 2 N–H and O–H groups in total. The molecule has 0 saturated heterocycles. The van der Waals surface area contributed by atoms with Gasteiger partial charge in [-0.1, -0.05) is 13.8 Å². The first-order valence-corrected chi connectivity index (χ1v) is 7.15. The maximum absolute atomic E-state index is 11.6. The van der Waals surface area contributed by atoms with Crippen LogP contribution in [0, 0.1) is 6.92 Å². The molecule has 0 fully saturated rings. The lowest BCUT2D eigenvalue weighted by Crippen LogP contribution is -2.36. The summed E-state index contributed by atoms with van der Waals surface area (Å²) in [7, 11) is 1.64. The maximum Gasteiger partial charge on any atom is 0.239 e. The van der Waals surface area contributed by atoms with E-state index in [0.717, 1.165) is 37.4 Å². The first kappa shape index (κ1) is 16.2. The molecular formula is C14H25N5O. The van der Waals surface area contributed by atoms with Gasteiger partial charge >= 0.3 is 0 Å². The predicted octanol–water partition coefficient (Wildman–Crippen LogP) is 1.57. The molecule has 0 aliphatic heterocycles. The predicted molar refractivity (Wildman–Crippen MR) is 82.1 cm³/mol. The summed E-state index contributed by atoms with van der Waals surface area (Å²) in [6.07, 6.45) is 1.97. The van der Waals surface area contributed by atoms with Gasteiger partial charge in [-0.25, -0.2) is 4.98 Å². The fourth-order valence-corrected chi connectivity index (χ4v) is 1.83. The molecule has 0 atom stereocenters. The highest BCUT2D eigenvalue weighted by Crippen LogP contribution is 2.15. The van der Waals surface area contributed by atoms with E-state index in [1.54, 1.807) is 7.05 Å². The quantitative estimate of drug-likeness (QED) is 0.756. The summed E-state index contributed by atoms with van der Waals surface area (Å²) in [5.41, 5.74) is 0.895. The summed E-state index contributed by atoms with van der Waals surface area (Å²) < 4.78 is 0. The van der Waals surface area contributed by atoms with Crippen LogP contribution >= 0.6 is 0 Å². The van der Waals surface area contributed by atoms with Crippen LogP contribution in [0.15, 0.2) is 6.07 Å². The Morgan fingerprint density at radius 3 is 2.65 bits per heavy atom. The Labute approximate surface area is 121 Å². The molecule has 112 valence electrons. The van der Waals surface area contributed by atoms with Gasteiger partial charge in [-0.05, 0) is 19.8 Å². The van der Waals surface area contributed by atoms with Gasteiger partial charge in [0.1, 0.15) is 5.82 Å². The number of hydrogen-bond donors (Lipinski definition) is 2. The third kappa shape index (κ3) is 5.03. The molecule has 0 bridgehead atoms. The average Bonchev–Trinajstić information content (AvgIpc) is 2.43. The van der Waals surface area contributed by atoms with Crippen molar-refractivity contribution in [1.82, 2.24) is 15.3 Å². The zero-order chi connectivity index (χ0) is 15.0. The van der Waals surface area contributed by atoms with Gasteiger partial charge in [-0.2, -0.15) is 4.98 Å². The number of nitrogens with one attached hydrogen (secondary N) is 2. The topological polar surface area (TPSA) is 70.2 Å². The minimum absolute atomic E-state index is 0.0159. The van der Waals surface area contributed by atoms with Gasteiger partial charge in [-0.3, -0.25) is 4.79 Å². The molecule has 0 unspecified atom stereocenters. The van der Waals surface area contributed by atoms with Gasteiger partial charge in [0, 0.05) is 31.9 Å². The van der Waals surface area contributed by atoms with E-state index in [2.05, 4.69) is 34.4 Å². The van der Waals surface area contributed by atoms with Crippen LogP contribution in [0.4, 0.5) is 11.8 Å². The van der Waals surface area contributed by atoms with Crippen LogP contribution in [0.2, 0.25) is 0 Å². The van der Waals surface area contributed by atoms with Crippen LogP contribution in [0.1, 0.15) is 32.4 Å². The maximum atomic E-state index is 11.6. The highest BCUT2D eigenvalue weighted by molar-refractivity contribution is 5.80. The molecule has 6 nitrogen and oxygen atoms in total. The first-order valence-electron chi connectivity index (χ1n) is 7.15. The van der Waals surface area contributed by atoms with Gasteiger partial charge in [0.25, 0.3) is 0 Å². The molecule has 0 saturated carbocycles. The average molecular weight is 279 g/mol. The second-order valence-electron chi connectivity index (χ2n) is 4.71. The van der Waals surface area contributed by atoms with Crippen LogP contribution in [0.3, 0.4) is 0 Å². The van der Waals surface area contributed by atoms with Crippen LogP contribution < -0.4 is 15.5 Å². The molecule has 0 aliphatic carbocycles. The normalized spacial score (nSPS) is 10.2. The Morgan fingerprint density at radius 1 is 1.30 bits per heavy atom. The highest BCUT2D eigenvalue weighted by atomic mass is 16.1. The number of aromatic nitrogens is 2. The van der Waals surface area contributed by atoms with Crippen LogP contribution in [-0.4, -0.2) is 42.6 Å². The van der Waals surface area contributed by atoms with Crippen molar-refractivity contribution in [3.05, 3.63) is 11.8 Å². The van der Waals surface area contributed by atoms with E-state index < -0.39 is 0 Å². The zero-order valence-corrected chi connectivity index (χ0v) is 12.9. The van der Waals surface area contributed by atoms with E-state index in [4.69, 9.17) is 0 Å². The number of carbonyl (C=O) groups excluding carboxylic acids is 1. The molecule has 1 heterocycles. The smallest absolute Gasteiger partial charge is 0.239 e. The van der Waals surface area contributed by atoms with E-state index >= 15 is 0 Å².